The first kappa shape index (κ1) is 27.4. The second kappa shape index (κ2) is 11.2. The summed E-state index contributed by atoms with van der Waals surface area (Å²) in [6, 6.07) is 16.2. The van der Waals surface area contributed by atoms with Crippen molar-refractivity contribution in [2.24, 2.45) is 0 Å². The van der Waals surface area contributed by atoms with Crippen molar-refractivity contribution in [1.82, 2.24) is 29.9 Å². The molecule has 2 saturated heterocycles. The molecule has 2 aromatic carbocycles. The predicted molar refractivity (Wildman–Crippen MR) is 158 cm³/mol. The highest BCUT2D eigenvalue weighted by molar-refractivity contribution is 5.99. The van der Waals surface area contributed by atoms with Crippen LogP contribution in [0.15, 0.2) is 54.6 Å². The van der Waals surface area contributed by atoms with Crippen LogP contribution in [0.25, 0.3) is 22.6 Å². The first-order valence-electron chi connectivity index (χ1n) is 13.9. The number of carbonyl (C=O) groups excluding carboxylic acids is 2. The molecule has 0 spiro atoms. The Morgan fingerprint density at radius 2 is 1.60 bits per heavy atom. The molecule has 2 aliphatic heterocycles. The quantitative estimate of drug-likeness (QED) is 0.361. The van der Waals surface area contributed by atoms with Crippen LogP contribution in [-0.4, -0.2) is 87.0 Å². The molecule has 4 aromatic rings. The molecule has 0 atom stereocenters. The maximum atomic E-state index is 12.5. The largest absolute Gasteiger partial charge is 0.444 e. The van der Waals surface area contributed by atoms with Crippen LogP contribution in [0.1, 0.15) is 26.8 Å². The van der Waals surface area contributed by atoms with E-state index in [0.717, 1.165) is 5.56 Å². The van der Waals surface area contributed by atoms with E-state index >= 15 is 0 Å². The van der Waals surface area contributed by atoms with Gasteiger partial charge in [0.1, 0.15) is 5.60 Å². The van der Waals surface area contributed by atoms with Gasteiger partial charge in [-0.25, -0.2) is 24.2 Å². The summed E-state index contributed by atoms with van der Waals surface area (Å²) in [7, 11) is 0. The highest BCUT2D eigenvalue weighted by Crippen LogP contribution is 2.31. The molecule has 2 aromatic heterocycles. The number of urea groups is 1. The Hall–Kier alpha value is -4.78. The van der Waals surface area contributed by atoms with Gasteiger partial charge in [0.2, 0.25) is 0 Å². The fourth-order valence-electron chi connectivity index (χ4n) is 4.79. The predicted octanol–water partition coefficient (Wildman–Crippen LogP) is 4.16. The summed E-state index contributed by atoms with van der Waals surface area (Å²) < 4.78 is 12.8. The van der Waals surface area contributed by atoms with E-state index in [1.54, 1.807) is 9.58 Å². The Labute approximate surface area is 242 Å². The fourth-order valence-corrected chi connectivity index (χ4v) is 4.79. The lowest BCUT2D eigenvalue weighted by Crippen LogP contribution is -2.52. The van der Waals surface area contributed by atoms with E-state index < -0.39 is 5.60 Å². The van der Waals surface area contributed by atoms with E-state index in [2.05, 4.69) is 25.8 Å². The van der Waals surface area contributed by atoms with Crippen molar-refractivity contribution >= 4 is 40.5 Å². The number of hydrogen-bond acceptors (Lipinski definition) is 9. The molecule has 218 valence electrons. The summed E-state index contributed by atoms with van der Waals surface area (Å²) in [5.41, 5.74) is 2.75. The smallest absolute Gasteiger partial charge is 0.410 e. The van der Waals surface area contributed by atoms with Gasteiger partial charge >= 0.3 is 12.1 Å². The zero-order valence-electron chi connectivity index (χ0n) is 23.8. The number of carbonyl (C=O) groups is 2. The van der Waals surface area contributed by atoms with E-state index in [9.17, 15) is 9.59 Å². The molecule has 0 unspecified atom stereocenters. The third kappa shape index (κ3) is 5.96. The monoisotopic (exact) mass is 571 g/mol. The minimum absolute atomic E-state index is 0.0856. The van der Waals surface area contributed by atoms with Crippen molar-refractivity contribution in [2.45, 2.75) is 32.4 Å². The zero-order valence-corrected chi connectivity index (χ0v) is 23.8. The molecule has 3 amide bonds. The third-order valence-corrected chi connectivity index (χ3v) is 6.91. The van der Waals surface area contributed by atoms with E-state index in [4.69, 9.17) is 19.4 Å². The van der Waals surface area contributed by atoms with Gasteiger partial charge in [0.25, 0.3) is 0 Å². The van der Waals surface area contributed by atoms with Crippen LogP contribution in [0, 0.1) is 0 Å². The van der Waals surface area contributed by atoms with Gasteiger partial charge < -0.3 is 29.9 Å². The van der Waals surface area contributed by atoms with Gasteiger partial charge in [-0.2, -0.15) is 0 Å². The van der Waals surface area contributed by atoms with Gasteiger partial charge in [0.05, 0.1) is 19.3 Å². The zero-order chi connectivity index (χ0) is 29.3. The molecule has 0 radical (unpaired) electrons. The van der Waals surface area contributed by atoms with Gasteiger partial charge in [0, 0.05) is 43.1 Å². The van der Waals surface area contributed by atoms with Gasteiger partial charge in [0.15, 0.2) is 22.8 Å². The number of amides is 3. The maximum absolute atomic E-state index is 12.5. The molecule has 4 heterocycles. The molecule has 42 heavy (non-hydrogen) atoms. The molecule has 6 rings (SSSR count). The molecular weight excluding hydrogens is 538 g/mol. The van der Waals surface area contributed by atoms with E-state index in [1.807, 2.05) is 75.4 Å². The molecular formula is C29H33N9O4. The number of nitrogens with one attached hydrogen (secondary N) is 2. The van der Waals surface area contributed by atoms with Gasteiger partial charge in [-0.3, -0.25) is 0 Å². The van der Waals surface area contributed by atoms with E-state index in [0.29, 0.717) is 73.6 Å². The summed E-state index contributed by atoms with van der Waals surface area (Å²) in [6.07, 6.45) is -0.348. The number of anilines is 3. The Kier molecular flexibility index (Phi) is 7.33. The fraction of sp³-hybridized carbons (Fsp3) is 0.379. The molecule has 13 nitrogen and oxygen atoms in total. The van der Waals surface area contributed by atoms with Gasteiger partial charge in [-0.05, 0) is 57.2 Å². The van der Waals surface area contributed by atoms with Crippen LogP contribution in [0.2, 0.25) is 0 Å². The number of nitrogens with zero attached hydrogens (tertiary/aromatic N) is 7. The number of ether oxygens (including phenoxy) is 2. The lowest BCUT2D eigenvalue weighted by atomic mass is 10.1. The van der Waals surface area contributed by atoms with Crippen LogP contribution in [0.5, 0.6) is 0 Å². The number of para-hydroxylation sites is 1. The Balaban J connectivity index is 1.25. The number of fused-ring (bicyclic) bond motifs is 1. The highest BCUT2D eigenvalue weighted by atomic mass is 16.6. The summed E-state index contributed by atoms with van der Waals surface area (Å²) in [5.74, 6) is 1.20. The van der Waals surface area contributed by atoms with Crippen LogP contribution < -0.4 is 15.5 Å². The first-order chi connectivity index (χ1) is 20.2. The lowest BCUT2D eigenvalue weighted by molar-refractivity contribution is -0.000152. The number of aromatic nitrogens is 5. The number of morpholine rings is 1. The van der Waals surface area contributed by atoms with Crippen LogP contribution in [0.3, 0.4) is 0 Å². The highest BCUT2D eigenvalue weighted by Gasteiger charge is 2.37. The molecule has 0 aliphatic carbocycles. The summed E-state index contributed by atoms with van der Waals surface area (Å²) in [4.78, 5) is 38.5. The third-order valence-electron chi connectivity index (χ3n) is 6.91. The van der Waals surface area contributed by atoms with Crippen LogP contribution >= 0.6 is 0 Å². The SMILES string of the molecule is CC(C)(C)OC(=O)N1CC(n2nnc3c(N4CCOCC4)nc(-c4ccc(NC(=O)Nc5ccccc5)cc4)nc32)C1. The summed E-state index contributed by atoms with van der Waals surface area (Å²) in [5, 5.41) is 14.5. The minimum atomic E-state index is -0.561. The Morgan fingerprint density at radius 1 is 0.929 bits per heavy atom. The van der Waals surface area contributed by atoms with Crippen LogP contribution in [0.4, 0.5) is 26.8 Å². The number of benzene rings is 2. The molecule has 2 fully saturated rings. The molecule has 0 saturated carbocycles. The second-order valence-corrected chi connectivity index (χ2v) is 11.2. The standard InChI is InChI=1S/C29H33N9O4/c1-29(2,3)42-28(40)37-17-22(18-37)38-26-23(34-35-38)25(36-13-15-41-16-14-36)32-24(33-26)19-9-11-21(12-10-19)31-27(39)30-20-7-5-4-6-8-20/h4-12,22H,13-18H2,1-3H3,(H2,30,31,39). The molecule has 13 heteroatoms. The summed E-state index contributed by atoms with van der Waals surface area (Å²) in [6.45, 7) is 8.97. The van der Waals surface area contributed by atoms with Crippen molar-refractivity contribution < 1.29 is 19.1 Å². The second-order valence-electron chi connectivity index (χ2n) is 11.2. The van der Waals surface area contributed by atoms with Crippen molar-refractivity contribution in [3.63, 3.8) is 0 Å². The van der Waals surface area contributed by atoms with Gasteiger partial charge in [-0.15, -0.1) is 5.10 Å². The number of likely N-dealkylation sites (tertiary alicyclic amines) is 1. The molecule has 2 aliphatic rings. The van der Waals surface area contributed by atoms with E-state index in [-0.39, 0.29) is 18.2 Å². The Morgan fingerprint density at radius 3 is 2.26 bits per heavy atom. The average Bonchev–Trinajstić information content (AvgIpc) is 3.36. The van der Waals surface area contributed by atoms with Crippen molar-refractivity contribution in [3.05, 3.63) is 54.6 Å². The minimum Gasteiger partial charge on any atom is -0.444 e. The van der Waals surface area contributed by atoms with Crippen LogP contribution in [-0.2, 0) is 9.47 Å². The average molecular weight is 572 g/mol. The topological polar surface area (TPSA) is 140 Å². The summed E-state index contributed by atoms with van der Waals surface area (Å²) >= 11 is 0. The lowest BCUT2D eigenvalue weighted by Gasteiger charge is -2.39. The maximum Gasteiger partial charge on any atom is 0.410 e. The molecule has 2 N–H and O–H groups in total. The normalized spacial score (nSPS) is 15.8. The number of rotatable bonds is 5. The van der Waals surface area contributed by atoms with Crippen molar-refractivity contribution in [3.8, 4) is 11.4 Å². The van der Waals surface area contributed by atoms with Gasteiger partial charge in [-0.1, -0.05) is 23.4 Å². The Bertz CT molecular complexity index is 1570. The molecule has 0 bridgehead atoms. The van der Waals surface area contributed by atoms with E-state index in [1.165, 1.54) is 0 Å². The first-order valence-corrected chi connectivity index (χ1v) is 13.9. The number of hydrogen-bond donors (Lipinski definition) is 2. The van der Waals surface area contributed by atoms with Crippen molar-refractivity contribution in [1.29, 1.82) is 0 Å². The van der Waals surface area contributed by atoms with Crippen molar-refractivity contribution in [2.75, 3.05) is 54.9 Å².